The van der Waals surface area contributed by atoms with Crippen molar-refractivity contribution in [3.8, 4) is 5.75 Å². The molecule has 2 nitrogen and oxygen atoms in total. The Bertz CT molecular complexity index is 547. The van der Waals surface area contributed by atoms with Gasteiger partial charge in [0.2, 0.25) is 0 Å². The van der Waals surface area contributed by atoms with Gasteiger partial charge in [-0.3, -0.25) is 0 Å². The first kappa shape index (κ1) is 14.3. The maximum atomic E-state index is 10.7. The van der Waals surface area contributed by atoms with E-state index in [0.29, 0.717) is 6.42 Å². The topological polar surface area (TPSA) is 29.5 Å². The van der Waals surface area contributed by atoms with E-state index in [1.807, 2.05) is 31.2 Å². The lowest BCUT2D eigenvalue weighted by Crippen LogP contribution is -2.24. The third-order valence-corrected chi connectivity index (χ3v) is 3.87. The second-order valence-corrected chi connectivity index (χ2v) is 6.05. The first-order valence-corrected chi connectivity index (χ1v) is 7.20. The molecule has 0 aliphatic heterocycles. The smallest absolute Gasteiger partial charge is 0.119 e. The number of ether oxygens (including phenoxy) is 1. The lowest BCUT2D eigenvalue weighted by molar-refractivity contribution is 0.0574. The molecule has 1 N–H and O–H groups in total. The summed E-state index contributed by atoms with van der Waals surface area (Å²) in [6, 6.07) is 15.8. The molecule has 2 rings (SSSR count). The fraction of sp³-hybridized carbons (Fsp3) is 0.250. The zero-order chi connectivity index (χ0) is 13.9. The molecule has 0 bridgehead atoms. The third-order valence-electron chi connectivity index (χ3n) is 3.15. The standard InChI is InChI=1S/C16H17IO2/c1-16(18,11-12-6-8-14(17)9-7-12)13-4-3-5-15(10-13)19-2/h3-10,18H,11H2,1-2H3. The molecule has 0 aliphatic rings. The highest BCUT2D eigenvalue weighted by Gasteiger charge is 2.23. The quantitative estimate of drug-likeness (QED) is 0.833. The predicted molar refractivity (Wildman–Crippen MR) is 85.4 cm³/mol. The van der Waals surface area contributed by atoms with Crippen LogP contribution in [0.3, 0.4) is 0 Å². The van der Waals surface area contributed by atoms with Crippen LogP contribution < -0.4 is 4.74 Å². The van der Waals surface area contributed by atoms with Gasteiger partial charge in [-0.1, -0.05) is 24.3 Å². The van der Waals surface area contributed by atoms with Crippen LogP contribution in [0.15, 0.2) is 48.5 Å². The minimum Gasteiger partial charge on any atom is -0.497 e. The summed E-state index contributed by atoms with van der Waals surface area (Å²) in [5.74, 6) is 0.764. The normalized spacial score (nSPS) is 13.9. The van der Waals surface area contributed by atoms with E-state index in [1.165, 1.54) is 3.57 Å². The van der Waals surface area contributed by atoms with Gasteiger partial charge in [0.05, 0.1) is 12.7 Å². The van der Waals surface area contributed by atoms with Gasteiger partial charge in [0, 0.05) is 9.99 Å². The molecule has 0 aliphatic carbocycles. The number of halogens is 1. The van der Waals surface area contributed by atoms with E-state index in [4.69, 9.17) is 4.74 Å². The van der Waals surface area contributed by atoms with Crippen LogP contribution in [-0.2, 0) is 12.0 Å². The van der Waals surface area contributed by atoms with Gasteiger partial charge in [0.15, 0.2) is 0 Å². The van der Waals surface area contributed by atoms with Gasteiger partial charge in [-0.05, 0) is 64.9 Å². The fourth-order valence-electron chi connectivity index (χ4n) is 2.06. The molecule has 1 atom stereocenters. The monoisotopic (exact) mass is 368 g/mol. The first-order valence-electron chi connectivity index (χ1n) is 6.12. The fourth-order valence-corrected chi connectivity index (χ4v) is 2.42. The van der Waals surface area contributed by atoms with Crippen molar-refractivity contribution in [1.82, 2.24) is 0 Å². The third kappa shape index (κ3) is 3.70. The van der Waals surface area contributed by atoms with Crippen LogP contribution in [-0.4, -0.2) is 12.2 Å². The summed E-state index contributed by atoms with van der Waals surface area (Å²) in [4.78, 5) is 0. The van der Waals surface area contributed by atoms with Crippen molar-refractivity contribution >= 4 is 22.6 Å². The summed E-state index contributed by atoms with van der Waals surface area (Å²) in [5, 5.41) is 10.7. The van der Waals surface area contributed by atoms with Crippen LogP contribution in [0, 0.1) is 3.57 Å². The molecule has 0 amide bonds. The van der Waals surface area contributed by atoms with Gasteiger partial charge in [-0.2, -0.15) is 0 Å². The summed E-state index contributed by atoms with van der Waals surface area (Å²) >= 11 is 2.28. The first-order chi connectivity index (χ1) is 9.01. The minimum absolute atomic E-state index is 0.580. The zero-order valence-electron chi connectivity index (χ0n) is 11.1. The second kappa shape index (κ2) is 5.92. The SMILES string of the molecule is COc1cccc(C(C)(O)Cc2ccc(I)cc2)c1. The van der Waals surface area contributed by atoms with Crippen LogP contribution in [0.1, 0.15) is 18.1 Å². The highest BCUT2D eigenvalue weighted by atomic mass is 127. The van der Waals surface area contributed by atoms with E-state index in [0.717, 1.165) is 16.9 Å². The Balaban J connectivity index is 2.23. The van der Waals surface area contributed by atoms with Gasteiger partial charge in [-0.15, -0.1) is 0 Å². The Hall–Kier alpha value is -1.07. The van der Waals surface area contributed by atoms with E-state index in [-0.39, 0.29) is 0 Å². The predicted octanol–water partition coefficient (Wildman–Crippen LogP) is 3.75. The molecule has 0 spiro atoms. The highest BCUT2D eigenvalue weighted by Crippen LogP contribution is 2.28. The Labute approximate surface area is 127 Å². The van der Waals surface area contributed by atoms with E-state index < -0.39 is 5.60 Å². The lowest BCUT2D eigenvalue weighted by atomic mass is 9.89. The molecule has 2 aromatic carbocycles. The molecule has 1 unspecified atom stereocenters. The Kier molecular flexibility index (Phi) is 4.47. The number of hydrogen-bond donors (Lipinski definition) is 1. The summed E-state index contributed by atoms with van der Waals surface area (Å²) in [6.45, 7) is 1.83. The molecule has 0 radical (unpaired) electrons. The largest absolute Gasteiger partial charge is 0.497 e. The summed E-state index contributed by atoms with van der Waals surface area (Å²) in [5.41, 5.74) is 1.08. The van der Waals surface area contributed by atoms with Gasteiger partial charge >= 0.3 is 0 Å². The number of benzene rings is 2. The molecule has 3 heteroatoms. The number of methoxy groups -OCH3 is 1. The van der Waals surface area contributed by atoms with Crippen molar-refractivity contribution in [2.24, 2.45) is 0 Å². The molecule has 0 aromatic heterocycles. The lowest BCUT2D eigenvalue weighted by Gasteiger charge is -2.24. The van der Waals surface area contributed by atoms with Crippen molar-refractivity contribution < 1.29 is 9.84 Å². The molecular weight excluding hydrogens is 351 g/mol. The number of aliphatic hydroxyl groups is 1. The zero-order valence-corrected chi connectivity index (χ0v) is 13.2. The van der Waals surface area contributed by atoms with Gasteiger partial charge in [0.25, 0.3) is 0 Å². The van der Waals surface area contributed by atoms with Gasteiger partial charge in [0.1, 0.15) is 5.75 Å². The van der Waals surface area contributed by atoms with Gasteiger partial charge in [-0.25, -0.2) is 0 Å². The van der Waals surface area contributed by atoms with Crippen LogP contribution in [0.25, 0.3) is 0 Å². The van der Waals surface area contributed by atoms with Crippen LogP contribution in [0.5, 0.6) is 5.75 Å². The van der Waals surface area contributed by atoms with Crippen LogP contribution >= 0.6 is 22.6 Å². The summed E-state index contributed by atoms with van der Waals surface area (Å²) in [6.07, 6.45) is 0.580. The molecule has 100 valence electrons. The summed E-state index contributed by atoms with van der Waals surface area (Å²) in [7, 11) is 1.63. The van der Waals surface area contributed by atoms with E-state index in [9.17, 15) is 5.11 Å². The Morgan fingerprint density at radius 3 is 2.47 bits per heavy atom. The average molecular weight is 368 g/mol. The molecule has 19 heavy (non-hydrogen) atoms. The molecule has 0 saturated heterocycles. The molecule has 2 aromatic rings. The molecular formula is C16H17IO2. The molecule has 0 saturated carbocycles. The minimum atomic E-state index is -0.901. The maximum Gasteiger partial charge on any atom is 0.119 e. The number of hydrogen-bond acceptors (Lipinski definition) is 2. The van der Waals surface area contributed by atoms with Crippen molar-refractivity contribution in [3.63, 3.8) is 0 Å². The molecule has 0 heterocycles. The van der Waals surface area contributed by atoms with Crippen molar-refractivity contribution in [1.29, 1.82) is 0 Å². The van der Waals surface area contributed by atoms with E-state index in [1.54, 1.807) is 7.11 Å². The van der Waals surface area contributed by atoms with Crippen molar-refractivity contribution in [2.75, 3.05) is 7.11 Å². The Morgan fingerprint density at radius 2 is 1.84 bits per heavy atom. The second-order valence-electron chi connectivity index (χ2n) is 4.81. The van der Waals surface area contributed by atoms with Crippen LogP contribution in [0.4, 0.5) is 0 Å². The van der Waals surface area contributed by atoms with E-state index in [2.05, 4.69) is 46.9 Å². The van der Waals surface area contributed by atoms with E-state index >= 15 is 0 Å². The van der Waals surface area contributed by atoms with Crippen LogP contribution in [0.2, 0.25) is 0 Å². The maximum absolute atomic E-state index is 10.7. The van der Waals surface area contributed by atoms with Crippen molar-refractivity contribution in [2.45, 2.75) is 18.9 Å². The highest BCUT2D eigenvalue weighted by molar-refractivity contribution is 14.1. The van der Waals surface area contributed by atoms with Gasteiger partial charge < -0.3 is 9.84 Å². The molecule has 0 fully saturated rings. The number of rotatable bonds is 4. The Morgan fingerprint density at radius 1 is 1.16 bits per heavy atom. The summed E-state index contributed by atoms with van der Waals surface area (Å²) < 4.78 is 6.40. The average Bonchev–Trinajstić information content (AvgIpc) is 2.41. The van der Waals surface area contributed by atoms with Crippen molar-refractivity contribution in [3.05, 3.63) is 63.2 Å².